The second-order valence-corrected chi connectivity index (χ2v) is 7.81. The molecule has 1 saturated carbocycles. The first-order chi connectivity index (χ1) is 8.42. The van der Waals surface area contributed by atoms with Gasteiger partial charge in [0.1, 0.15) is 0 Å². The number of hydrogen-bond acceptors (Lipinski definition) is 2. The van der Waals surface area contributed by atoms with Crippen LogP contribution in [-0.2, 0) is 6.42 Å². The largest absolute Gasteiger partial charge is 0.325 e. The maximum atomic E-state index is 6.81. The molecule has 0 bridgehead atoms. The van der Waals surface area contributed by atoms with Gasteiger partial charge in [0.05, 0.1) is 0 Å². The Kier molecular flexibility index (Phi) is 4.18. The van der Waals surface area contributed by atoms with E-state index in [2.05, 4.69) is 37.6 Å². The summed E-state index contributed by atoms with van der Waals surface area (Å²) in [7, 11) is 0. The Morgan fingerprint density at radius 3 is 2.78 bits per heavy atom. The molecule has 1 heterocycles. The molecule has 0 saturated heterocycles. The zero-order valence-electron chi connectivity index (χ0n) is 12.0. The summed E-state index contributed by atoms with van der Waals surface area (Å²) in [6.07, 6.45) is 7.48. The van der Waals surface area contributed by atoms with Gasteiger partial charge in [-0.1, -0.05) is 33.6 Å². The molecule has 1 aliphatic rings. The van der Waals surface area contributed by atoms with Crippen molar-refractivity contribution in [3.63, 3.8) is 0 Å². The van der Waals surface area contributed by atoms with Crippen LogP contribution in [0.3, 0.4) is 0 Å². The fourth-order valence-electron chi connectivity index (χ4n) is 3.67. The zero-order valence-corrected chi connectivity index (χ0v) is 12.9. The molecule has 18 heavy (non-hydrogen) atoms. The second-order valence-electron chi connectivity index (χ2n) is 7.03. The predicted octanol–water partition coefficient (Wildman–Crippen LogP) is 4.61. The van der Waals surface area contributed by atoms with Gasteiger partial charge in [0.25, 0.3) is 0 Å². The minimum absolute atomic E-state index is 0.0540. The number of aryl methyl sites for hydroxylation is 1. The second kappa shape index (κ2) is 5.34. The fraction of sp³-hybridized carbons (Fsp3) is 0.750. The summed E-state index contributed by atoms with van der Waals surface area (Å²) >= 11 is 1.79. The van der Waals surface area contributed by atoms with E-state index in [0.717, 1.165) is 12.8 Å². The van der Waals surface area contributed by atoms with Crippen molar-refractivity contribution in [3.05, 3.63) is 22.4 Å². The van der Waals surface area contributed by atoms with Crippen molar-refractivity contribution in [2.45, 2.75) is 64.8 Å². The molecule has 2 atom stereocenters. The van der Waals surface area contributed by atoms with Crippen molar-refractivity contribution in [3.8, 4) is 0 Å². The van der Waals surface area contributed by atoms with Gasteiger partial charge in [0.15, 0.2) is 0 Å². The van der Waals surface area contributed by atoms with Gasteiger partial charge < -0.3 is 5.73 Å². The third-order valence-corrected chi connectivity index (χ3v) is 5.32. The third kappa shape index (κ3) is 3.16. The summed E-state index contributed by atoms with van der Waals surface area (Å²) in [5, 5.41) is 4.43. The van der Waals surface area contributed by atoms with Crippen LogP contribution in [0, 0.1) is 11.3 Å². The van der Waals surface area contributed by atoms with E-state index in [1.807, 2.05) is 0 Å². The van der Waals surface area contributed by atoms with E-state index in [1.165, 1.54) is 31.2 Å². The maximum Gasteiger partial charge on any atom is 0.0191 e. The SMILES string of the molecule is CC(C)(C)C1CCCCC1(N)CCc1ccsc1. The lowest BCUT2D eigenvalue weighted by atomic mass is 9.61. The van der Waals surface area contributed by atoms with E-state index in [9.17, 15) is 0 Å². The summed E-state index contributed by atoms with van der Waals surface area (Å²) in [5.41, 5.74) is 8.66. The molecular formula is C16H27NS. The first kappa shape index (κ1) is 14.1. The molecule has 2 rings (SSSR count). The normalized spacial score (nSPS) is 29.4. The van der Waals surface area contributed by atoms with Gasteiger partial charge in [0.2, 0.25) is 0 Å². The van der Waals surface area contributed by atoms with Crippen LogP contribution in [0.1, 0.15) is 58.4 Å². The van der Waals surface area contributed by atoms with E-state index in [0.29, 0.717) is 11.3 Å². The van der Waals surface area contributed by atoms with Crippen LogP contribution in [-0.4, -0.2) is 5.54 Å². The molecule has 2 heteroatoms. The van der Waals surface area contributed by atoms with E-state index < -0.39 is 0 Å². The zero-order chi connectivity index (χ0) is 13.2. The molecule has 102 valence electrons. The molecule has 0 spiro atoms. The van der Waals surface area contributed by atoms with Crippen LogP contribution in [0.4, 0.5) is 0 Å². The predicted molar refractivity (Wildman–Crippen MR) is 81.0 cm³/mol. The monoisotopic (exact) mass is 265 g/mol. The maximum absolute atomic E-state index is 6.81. The first-order valence-corrected chi connectivity index (χ1v) is 8.16. The quantitative estimate of drug-likeness (QED) is 0.848. The minimum Gasteiger partial charge on any atom is -0.325 e. The van der Waals surface area contributed by atoms with Gasteiger partial charge in [-0.2, -0.15) is 11.3 Å². The van der Waals surface area contributed by atoms with Gasteiger partial charge in [-0.05, 0) is 59.4 Å². The Hall–Kier alpha value is -0.340. The first-order valence-electron chi connectivity index (χ1n) is 7.22. The van der Waals surface area contributed by atoms with Gasteiger partial charge in [-0.15, -0.1) is 0 Å². The summed E-state index contributed by atoms with van der Waals surface area (Å²) in [5.74, 6) is 0.664. The Balaban J connectivity index is 2.05. The van der Waals surface area contributed by atoms with Crippen molar-refractivity contribution >= 4 is 11.3 Å². The summed E-state index contributed by atoms with van der Waals surface area (Å²) in [6, 6.07) is 2.24. The average molecular weight is 265 g/mol. The highest BCUT2D eigenvalue weighted by Gasteiger charge is 2.42. The van der Waals surface area contributed by atoms with E-state index in [4.69, 9.17) is 5.73 Å². The lowest BCUT2D eigenvalue weighted by Gasteiger charge is -2.48. The number of hydrogen-bond donors (Lipinski definition) is 1. The highest BCUT2D eigenvalue weighted by Crippen LogP contribution is 2.45. The topological polar surface area (TPSA) is 26.0 Å². The lowest BCUT2D eigenvalue weighted by molar-refractivity contribution is 0.0732. The van der Waals surface area contributed by atoms with Crippen molar-refractivity contribution in [1.82, 2.24) is 0 Å². The molecule has 0 amide bonds. The van der Waals surface area contributed by atoms with Crippen LogP contribution in [0.5, 0.6) is 0 Å². The summed E-state index contributed by atoms with van der Waals surface area (Å²) < 4.78 is 0. The number of rotatable bonds is 3. The minimum atomic E-state index is 0.0540. The molecule has 2 N–H and O–H groups in total. The molecule has 1 nitrogen and oxygen atoms in total. The standard InChI is InChI=1S/C16H27NS/c1-15(2,3)14-6-4-5-9-16(14,17)10-7-13-8-11-18-12-13/h8,11-12,14H,4-7,9-10,17H2,1-3H3. The van der Waals surface area contributed by atoms with Gasteiger partial charge >= 0.3 is 0 Å². The van der Waals surface area contributed by atoms with Crippen LogP contribution in [0.2, 0.25) is 0 Å². The summed E-state index contributed by atoms with van der Waals surface area (Å²) in [4.78, 5) is 0. The molecule has 0 aromatic carbocycles. The van der Waals surface area contributed by atoms with Crippen LogP contribution in [0.15, 0.2) is 16.8 Å². The summed E-state index contributed by atoms with van der Waals surface area (Å²) in [6.45, 7) is 7.07. The van der Waals surface area contributed by atoms with Crippen LogP contribution in [0.25, 0.3) is 0 Å². The molecule has 1 aliphatic carbocycles. The van der Waals surface area contributed by atoms with Crippen molar-refractivity contribution in [2.75, 3.05) is 0 Å². The molecule has 2 unspecified atom stereocenters. The molecule has 1 fully saturated rings. The Bertz CT molecular complexity index is 363. The van der Waals surface area contributed by atoms with Crippen molar-refractivity contribution in [1.29, 1.82) is 0 Å². The molecule has 0 aliphatic heterocycles. The highest BCUT2D eigenvalue weighted by atomic mass is 32.1. The van der Waals surface area contributed by atoms with Gasteiger partial charge in [-0.3, -0.25) is 0 Å². The Labute approximate surface area is 116 Å². The highest BCUT2D eigenvalue weighted by molar-refractivity contribution is 7.07. The molecule has 1 aromatic rings. The Morgan fingerprint density at radius 2 is 2.17 bits per heavy atom. The molecule has 0 radical (unpaired) electrons. The van der Waals surface area contributed by atoms with Gasteiger partial charge in [-0.25, -0.2) is 0 Å². The van der Waals surface area contributed by atoms with E-state index >= 15 is 0 Å². The fourth-order valence-corrected chi connectivity index (χ4v) is 4.37. The third-order valence-electron chi connectivity index (χ3n) is 4.58. The van der Waals surface area contributed by atoms with Crippen LogP contribution < -0.4 is 5.73 Å². The van der Waals surface area contributed by atoms with E-state index in [1.54, 1.807) is 11.3 Å². The molecule has 1 aromatic heterocycles. The smallest absolute Gasteiger partial charge is 0.0191 e. The lowest BCUT2D eigenvalue weighted by Crippen LogP contribution is -2.54. The Morgan fingerprint density at radius 1 is 1.39 bits per heavy atom. The van der Waals surface area contributed by atoms with Crippen molar-refractivity contribution < 1.29 is 0 Å². The number of thiophene rings is 1. The molecular weight excluding hydrogens is 238 g/mol. The van der Waals surface area contributed by atoms with Crippen LogP contribution >= 0.6 is 11.3 Å². The average Bonchev–Trinajstić information content (AvgIpc) is 2.78. The number of nitrogens with two attached hydrogens (primary N) is 1. The van der Waals surface area contributed by atoms with Gasteiger partial charge in [0, 0.05) is 5.54 Å². The van der Waals surface area contributed by atoms with Crippen molar-refractivity contribution in [2.24, 2.45) is 17.1 Å². The van der Waals surface area contributed by atoms with E-state index in [-0.39, 0.29) is 5.54 Å².